The van der Waals surface area contributed by atoms with E-state index in [-0.39, 0.29) is 12.5 Å². The number of amides is 1. The van der Waals surface area contributed by atoms with Crippen molar-refractivity contribution in [3.63, 3.8) is 0 Å². The molecule has 128 valence electrons. The van der Waals surface area contributed by atoms with Crippen LogP contribution in [0.3, 0.4) is 0 Å². The summed E-state index contributed by atoms with van der Waals surface area (Å²) in [6.45, 7) is 5.80. The molecule has 0 unspecified atom stereocenters. The van der Waals surface area contributed by atoms with E-state index in [0.717, 1.165) is 17.9 Å². The van der Waals surface area contributed by atoms with Crippen LogP contribution in [-0.2, 0) is 11.3 Å². The number of aliphatic imine (C=N–C) groups is 1. The Morgan fingerprint density at radius 3 is 2.39 bits per heavy atom. The molecule has 0 atom stereocenters. The van der Waals surface area contributed by atoms with Crippen LogP contribution in [-0.4, -0.2) is 51.1 Å². The monoisotopic (exact) mass is 320 g/mol. The Morgan fingerprint density at radius 2 is 1.87 bits per heavy atom. The van der Waals surface area contributed by atoms with Crippen molar-refractivity contribution in [3.8, 4) is 5.75 Å². The summed E-state index contributed by atoms with van der Waals surface area (Å²) >= 11 is 0. The van der Waals surface area contributed by atoms with E-state index in [1.54, 1.807) is 26.1 Å². The Labute approximate surface area is 138 Å². The van der Waals surface area contributed by atoms with Gasteiger partial charge in [-0.05, 0) is 23.6 Å². The van der Waals surface area contributed by atoms with Crippen molar-refractivity contribution in [2.45, 2.75) is 20.4 Å². The molecule has 0 aromatic heterocycles. The summed E-state index contributed by atoms with van der Waals surface area (Å²) in [7, 11) is 5.12. The second-order valence-electron chi connectivity index (χ2n) is 5.93. The van der Waals surface area contributed by atoms with E-state index in [2.05, 4.69) is 29.5 Å². The molecule has 0 aliphatic heterocycles. The van der Waals surface area contributed by atoms with Gasteiger partial charge in [0, 0.05) is 20.6 Å². The molecule has 0 fully saturated rings. The third kappa shape index (κ3) is 7.54. The number of nitrogens with one attached hydrogen (secondary N) is 2. The predicted octanol–water partition coefficient (Wildman–Crippen LogP) is 1.47. The number of methoxy groups -OCH3 is 1. The average Bonchev–Trinajstić information content (AvgIpc) is 2.53. The molecule has 0 aliphatic carbocycles. The predicted molar refractivity (Wildman–Crippen MR) is 93.7 cm³/mol. The van der Waals surface area contributed by atoms with Gasteiger partial charge in [-0.1, -0.05) is 26.0 Å². The van der Waals surface area contributed by atoms with Crippen molar-refractivity contribution in [1.29, 1.82) is 0 Å². The number of ether oxygens (including phenoxy) is 1. The van der Waals surface area contributed by atoms with Gasteiger partial charge in [-0.15, -0.1) is 0 Å². The van der Waals surface area contributed by atoms with E-state index in [4.69, 9.17) is 4.74 Å². The molecule has 1 rings (SSSR count). The topological polar surface area (TPSA) is 66.0 Å². The molecule has 6 nitrogen and oxygen atoms in total. The first-order valence-corrected chi connectivity index (χ1v) is 7.77. The van der Waals surface area contributed by atoms with Crippen LogP contribution in [0, 0.1) is 5.92 Å². The highest BCUT2D eigenvalue weighted by Crippen LogP contribution is 2.11. The number of likely N-dealkylation sites (N-methyl/N-ethyl adjacent to an activating group) is 1. The van der Waals surface area contributed by atoms with Gasteiger partial charge in [0.1, 0.15) is 5.75 Å². The number of carbonyl (C=O) groups is 1. The average molecular weight is 320 g/mol. The van der Waals surface area contributed by atoms with Gasteiger partial charge in [0.25, 0.3) is 0 Å². The summed E-state index contributed by atoms with van der Waals surface area (Å²) < 4.78 is 5.14. The first kappa shape index (κ1) is 18.8. The van der Waals surface area contributed by atoms with Crippen LogP contribution < -0.4 is 15.4 Å². The fourth-order valence-electron chi connectivity index (χ4n) is 1.69. The van der Waals surface area contributed by atoms with Crippen molar-refractivity contribution in [2.24, 2.45) is 10.9 Å². The van der Waals surface area contributed by atoms with Gasteiger partial charge in [0.15, 0.2) is 5.96 Å². The van der Waals surface area contributed by atoms with Gasteiger partial charge in [0.2, 0.25) is 5.91 Å². The van der Waals surface area contributed by atoms with E-state index in [1.165, 1.54) is 0 Å². The molecule has 23 heavy (non-hydrogen) atoms. The maximum Gasteiger partial charge on any atom is 0.241 e. The molecule has 0 bridgehead atoms. The summed E-state index contributed by atoms with van der Waals surface area (Å²) in [6.07, 6.45) is 0. The molecular weight excluding hydrogens is 292 g/mol. The maximum absolute atomic E-state index is 11.7. The fourth-order valence-corrected chi connectivity index (χ4v) is 1.69. The van der Waals surface area contributed by atoms with Gasteiger partial charge in [-0.3, -0.25) is 4.79 Å². The SMILES string of the molecule is COc1ccc(CN=C(NCC(=O)N(C)C)NCC(C)C)cc1. The van der Waals surface area contributed by atoms with Gasteiger partial charge < -0.3 is 20.3 Å². The Morgan fingerprint density at radius 1 is 1.22 bits per heavy atom. The summed E-state index contributed by atoms with van der Waals surface area (Å²) in [5, 5.41) is 6.32. The Hall–Kier alpha value is -2.24. The number of hydrogen-bond donors (Lipinski definition) is 2. The molecule has 0 aliphatic rings. The number of rotatable bonds is 7. The Kier molecular flexibility index (Phi) is 7.94. The van der Waals surface area contributed by atoms with Crippen molar-refractivity contribution in [1.82, 2.24) is 15.5 Å². The molecule has 1 aromatic carbocycles. The van der Waals surface area contributed by atoms with Gasteiger partial charge >= 0.3 is 0 Å². The summed E-state index contributed by atoms with van der Waals surface area (Å²) in [6, 6.07) is 7.78. The van der Waals surface area contributed by atoms with Crippen molar-refractivity contribution < 1.29 is 9.53 Å². The number of nitrogens with zero attached hydrogens (tertiary/aromatic N) is 2. The van der Waals surface area contributed by atoms with Crippen LogP contribution in [0.25, 0.3) is 0 Å². The van der Waals surface area contributed by atoms with Crippen LogP contribution in [0.1, 0.15) is 19.4 Å². The number of benzene rings is 1. The largest absolute Gasteiger partial charge is 0.497 e. The van der Waals surface area contributed by atoms with Gasteiger partial charge in [-0.25, -0.2) is 4.99 Å². The van der Waals surface area contributed by atoms with E-state index < -0.39 is 0 Å². The molecule has 2 N–H and O–H groups in total. The van der Waals surface area contributed by atoms with Crippen LogP contribution in [0.2, 0.25) is 0 Å². The first-order chi connectivity index (χ1) is 10.9. The zero-order chi connectivity index (χ0) is 17.2. The standard InChI is InChI=1S/C17H28N4O2/c1-13(2)10-18-17(20-12-16(22)21(3)4)19-11-14-6-8-15(23-5)9-7-14/h6-9,13H,10-12H2,1-5H3,(H2,18,19,20). The number of guanidine groups is 1. The molecule has 0 radical (unpaired) electrons. The Balaban J connectivity index is 2.66. The Bertz CT molecular complexity index is 510. The lowest BCUT2D eigenvalue weighted by molar-refractivity contribution is -0.127. The van der Waals surface area contributed by atoms with Crippen molar-refractivity contribution in [3.05, 3.63) is 29.8 Å². The maximum atomic E-state index is 11.7. The molecule has 6 heteroatoms. The van der Waals surface area contributed by atoms with Crippen LogP contribution in [0.5, 0.6) is 5.75 Å². The van der Waals surface area contributed by atoms with E-state index in [1.807, 2.05) is 24.3 Å². The van der Waals surface area contributed by atoms with Crippen LogP contribution in [0.15, 0.2) is 29.3 Å². The summed E-state index contributed by atoms with van der Waals surface area (Å²) in [5.41, 5.74) is 1.08. The number of hydrogen-bond acceptors (Lipinski definition) is 3. The van der Waals surface area contributed by atoms with Crippen molar-refractivity contribution >= 4 is 11.9 Å². The molecule has 0 heterocycles. The zero-order valence-electron chi connectivity index (χ0n) is 14.7. The third-order valence-corrected chi connectivity index (χ3v) is 3.16. The van der Waals surface area contributed by atoms with E-state index in [9.17, 15) is 4.79 Å². The lowest BCUT2D eigenvalue weighted by atomic mass is 10.2. The van der Waals surface area contributed by atoms with Crippen molar-refractivity contribution in [2.75, 3.05) is 34.3 Å². The molecule has 0 saturated heterocycles. The van der Waals surface area contributed by atoms with Crippen LogP contribution >= 0.6 is 0 Å². The highest BCUT2D eigenvalue weighted by molar-refractivity contribution is 5.86. The molecular formula is C17H28N4O2. The smallest absolute Gasteiger partial charge is 0.241 e. The zero-order valence-corrected chi connectivity index (χ0v) is 14.7. The van der Waals surface area contributed by atoms with E-state index in [0.29, 0.717) is 18.4 Å². The molecule has 1 aromatic rings. The van der Waals surface area contributed by atoms with Gasteiger partial charge in [-0.2, -0.15) is 0 Å². The summed E-state index contributed by atoms with van der Waals surface area (Å²) in [5.74, 6) is 1.97. The third-order valence-electron chi connectivity index (χ3n) is 3.16. The van der Waals surface area contributed by atoms with Gasteiger partial charge in [0.05, 0.1) is 20.2 Å². The van der Waals surface area contributed by atoms with E-state index >= 15 is 0 Å². The minimum Gasteiger partial charge on any atom is -0.497 e. The normalized spacial score (nSPS) is 11.3. The molecule has 0 saturated carbocycles. The first-order valence-electron chi connectivity index (χ1n) is 7.77. The highest BCUT2D eigenvalue weighted by Gasteiger charge is 2.06. The molecule has 1 amide bonds. The van der Waals surface area contributed by atoms with Crippen LogP contribution in [0.4, 0.5) is 0 Å². The lowest BCUT2D eigenvalue weighted by Crippen LogP contribution is -2.44. The summed E-state index contributed by atoms with van der Waals surface area (Å²) in [4.78, 5) is 17.8. The molecule has 0 spiro atoms. The second-order valence-corrected chi connectivity index (χ2v) is 5.93. The lowest BCUT2D eigenvalue weighted by Gasteiger charge is -2.16. The number of carbonyl (C=O) groups excluding carboxylic acids is 1. The highest BCUT2D eigenvalue weighted by atomic mass is 16.5. The minimum atomic E-state index is 0.00787. The quantitative estimate of drug-likeness (QED) is 0.590. The fraction of sp³-hybridized carbons (Fsp3) is 0.529. The minimum absolute atomic E-state index is 0.00787. The second kappa shape index (κ2) is 9.71.